The van der Waals surface area contributed by atoms with Crippen LogP contribution in [-0.2, 0) is 6.42 Å². The molecule has 0 saturated carbocycles. The van der Waals surface area contributed by atoms with E-state index in [1.807, 2.05) is 30.3 Å². The standard InChI is InChI=1S/C17H16BrN3S/c18-14-6-2-4-8-16(14)21-17(22)19-10-9-12-11-20-15-7-3-1-5-13(12)15/h1-8,11,20H,9-10H2,(H2,19,21,22). The van der Waals surface area contributed by atoms with E-state index in [9.17, 15) is 0 Å². The fraction of sp³-hybridized carbons (Fsp3) is 0.118. The van der Waals surface area contributed by atoms with Crippen LogP contribution in [0.3, 0.4) is 0 Å². The van der Waals surface area contributed by atoms with Crippen molar-refractivity contribution in [2.45, 2.75) is 6.42 Å². The number of rotatable bonds is 4. The number of para-hydroxylation sites is 2. The van der Waals surface area contributed by atoms with E-state index in [0.29, 0.717) is 5.11 Å². The van der Waals surface area contributed by atoms with E-state index < -0.39 is 0 Å². The maximum Gasteiger partial charge on any atom is 0.170 e. The first kappa shape index (κ1) is 15.1. The quantitative estimate of drug-likeness (QED) is 0.591. The zero-order valence-electron chi connectivity index (χ0n) is 11.9. The topological polar surface area (TPSA) is 39.9 Å². The second-order valence-electron chi connectivity index (χ2n) is 4.97. The van der Waals surface area contributed by atoms with E-state index in [2.05, 4.69) is 55.9 Å². The van der Waals surface area contributed by atoms with E-state index in [-0.39, 0.29) is 0 Å². The first-order valence-corrected chi connectivity index (χ1v) is 8.28. The summed E-state index contributed by atoms with van der Waals surface area (Å²) in [6, 6.07) is 16.2. The molecule has 0 fully saturated rings. The molecule has 0 amide bonds. The minimum absolute atomic E-state index is 0.631. The summed E-state index contributed by atoms with van der Waals surface area (Å²) in [5.74, 6) is 0. The van der Waals surface area contributed by atoms with Gasteiger partial charge in [0.2, 0.25) is 0 Å². The highest BCUT2D eigenvalue weighted by Crippen LogP contribution is 2.21. The van der Waals surface area contributed by atoms with E-state index in [1.54, 1.807) is 0 Å². The normalized spacial score (nSPS) is 10.6. The van der Waals surface area contributed by atoms with Gasteiger partial charge in [0, 0.05) is 28.1 Å². The molecule has 112 valence electrons. The van der Waals surface area contributed by atoms with Crippen LogP contribution in [0.1, 0.15) is 5.56 Å². The number of fused-ring (bicyclic) bond motifs is 1. The molecule has 0 unspecified atom stereocenters. The van der Waals surface area contributed by atoms with Crippen molar-refractivity contribution in [3.05, 3.63) is 64.8 Å². The lowest BCUT2D eigenvalue weighted by Gasteiger charge is -2.11. The van der Waals surface area contributed by atoms with Crippen molar-refractivity contribution in [2.75, 3.05) is 11.9 Å². The van der Waals surface area contributed by atoms with E-state index >= 15 is 0 Å². The molecule has 2 aromatic carbocycles. The molecule has 0 bridgehead atoms. The van der Waals surface area contributed by atoms with Crippen LogP contribution >= 0.6 is 28.1 Å². The number of aromatic nitrogens is 1. The Morgan fingerprint density at radius 2 is 1.86 bits per heavy atom. The number of halogens is 1. The van der Waals surface area contributed by atoms with Crippen molar-refractivity contribution in [1.29, 1.82) is 0 Å². The average Bonchev–Trinajstić information content (AvgIpc) is 2.93. The lowest BCUT2D eigenvalue weighted by molar-refractivity contribution is 0.878. The zero-order valence-corrected chi connectivity index (χ0v) is 14.3. The van der Waals surface area contributed by atoms with Crippen LogP contribution in [0.15, 0.2) is 59.2 Å². The average molecular weight is 374 g/mol. The number of hydrogen-bond acceptors (Lipinski definition) is 1. The van der Waals surface area contributed by atoms with Gasteiger partial charge < -0.3 is 15.6 Å². The molecule has 0 aliphatic carbocycles. The van der Waals surface area contributed by atoms with Crippen LogP contribution in [-0.4, -0.2) is 16.6 Å². The minimum Gasteiger partial charge on any atom is -0.362 e. The largest absolute Gasteiger partial charge is 0.362 e. The smallest absolute Gasteiger partial charge is 0.170 e. The first-order chi connectivity index (χ1) is 10.7. The zero-order chi connectivity index (χ0) is 15.4. The highest BCUT2D eigenvalue weighted by Gasteiger charge is 2.04. The minimum atomic E-state index is 0.631. The Hall–Kier alpha value is -1.85. The number of nitrogens with one attached hydrogen (secondary N) is 3. The molecular weight excluding hydrogens is 358 g/mol. The number of aromatic amines is 1. The van der Waals surface area contributed by atoms with E-state index in [1.165, 1.54) is 16.5 Å². The molecule has 0 atom stereocenters. The van der Waals surface area contributed by atoms with Crippen LogP contribution in [0.2, 0.25) is 0 Å². The molecule has 3 N–H and O–H groups in total. The van der Waals surface area contributed by atoms with Crippen molar-refractivity contribution in [1.82, 2.24) is 10.3 Å². The van der Waals surface area contributed by atoms with Gasteiger partial charge in [0.15, 0.2) is 5.11 Å². The van der Waals surface area contributed by atoms with Crippen molar-refractivity contribution in [3.8, 4) is 0 Å². The molecule has 5 heteroatoms. The van der Waals surface area contributed by atoms with Crippen LogP contribution < -0.4 is 10.6 Å². The Kier molecular flexibility index (Phi) is 4.75. The number of anilines is 1. The van der Waals surface area contributed by atoms with Crippen LogP contribution in [0.4, 0.5) is 5.69 Å². The van der Waals surface area contributed by atoms with Crippen LogP contribution in [0, 0.1) is 0 Å². The predicted molar refractivity (Wildman–Crippen MR) is 100 cm³/mol. The summed E-state index contributed by atoms with van der Waals surface area (Å²) < 4.78 is 0.996. The van der Waals surface area contributed by atoms with Crippen molar-refractivity contribution < 1.29 is 0 Å². The van der Waals surface area contributed by atoms with Gasteiger partial charge in [-0.3, -0.25) is 0 Å². The van der Waals surface area contributed by atoms with Gasteiger partial charge >= 0.3 is 0 Å². The maximum absolute atomic E-state index is 5.34. The Balaban J connectivity index is 1.55. The molecule has 0 saturated heterocycles. The van der Waals surface area contributed by atoms with Gasteiger partial charge in [-0.2, -0.15) is 0 Å². The monoisotopic (exact) mass is 373 g/mol. The van der Waals surface area contributed by atoms with Gasteiger partial charge in [-0.15, -0.1) is 0 Å². The molecule has 3 aromatic rings. The Morgan fingerprint density at radius 3 is 2.73 bits per heavy atom. The lowest BCUT2D eigenvalue weighted by atomic mass is 10.1. The predicted octanol–water partition coefficient (Wildman–Crippen LogP) is 4.46. The number of thiocarbonyl (C=S) groups is 1. The highest BCUT2D eigenvalue weighted by molar-refractivity contribution is 9.10. The Bertz CT molecular complexity index is 797. The van der Waals surface area contributed by atoms with E-state index in [4.69, 9.17) is 12.2 Å². The lowest BCUT2D eigenvalue weighted by Crippen LogP contribution is -2.30. The highest BCUT2D eigenvalue weighted by atomic mass is 79.9. The van der Waals surface area contributed by atoms with Crippen molar-refractivity contribution in [3.63, 3.8) is 0 Å². The molecule has 1 heterocycles. The Labute approximate surface area is 143 Å². The third-order valence-electron chi connectivity index (χ3n) is 3.48. The molecule has 0 radical (unpaired) electrons. The van der Waals surface area contributed by atoms with Gasteiger partial charge in [0.05, 0.1) is 5.69 Å². The summed E-state index contributed by atoms with van der Waals surface area (Å²) in [5.41, 5.74) is 3.44. The summed E-state index contributed by atoms with van der Waals surface area (Å²) in [6.07, 6.45) is 2.98. The molecular formula is C17H16BrN3S. The first-order valence-electron chi connectivity index (χ1n) is 7.08. The maximum atomic E-state index is 5.34. The van der Waals surface area contributed by atoms with Gasteiger partial charge in [-0.25, -0.2) is 0 Å². The fourth-order valence-electron chi connectivity index (χ4n) is 2.38. The van der Waals surface area contributed by atoms with Gasteiger partial charge in [0.1, 0.15) is 0 Å². The summed E-state index contributed by atoms with van der Waals surface area (Å²) in [6.45, 7) is 0.790. The van der Waals surface area contributed by atoms with Gasteiger partial charge in [-0.05, 0) is 58.3 Å². The number of hydrogen-bond donors (Lipinski definition) is 3. The van der Waals surface area contributed by atoms with Crippen molar-refractivity contribution >= 4 is 49.9 Å². The summed E-state index contributed by atoms with van der Waals surface area (Å²) >= 11 is 8.83. The molecule has 0 aliphatic rings. The molecule has 0 spiro atoms. The third kappa shape index (κ3) is 3.48. The van der Waals surface area contributed by atoms with E-state index in [0.717, 1.165) is 23.1 Å². The SMILES string of the molecule is S=C(NCCc1c[nH]c2ccccc12)Nc1ccccc1Br. The summed E-state index contributed by atoms with van der Waals surface area (Å²) in [4.78, 5) is 3.29. The molecule has 0 aliphatic heterocycles. The Morgan fingerprint density at radius 1 is 1.09 bits per heavy atom. The second kappa shape index (κ2) is 6.94. The van der Waals surface area contributed by atoms with Crippen LogP contribution in [0.25, 0.3) is 10.9 Å². The number of benzene rings is 2. The third-order valence-corrected chi connectivity index (χ3v) is 4.41. The summed E-state index contributed by atoms with van der Waals surface area (Å²) in [7, 11) is 0. The molecule has 3 rings (SSSR count). The molecule has 3 nitrogen and oxygen atoms in total. The molecule has 1 aromatic heterocycles. The van der Waals surface area contributed by atoms with Crippen LogP contribution in [0.5, 0.6) is 0 Å². The molecule has 22 heavy (non-hydrogen) atoms. The second-order valence-corrected chi connectivity index (χ2v) is 6.23. The van der Waals surface area contributed by atoms with Gasteiger partial charge in [-0.1, -0.05) is 30.3 Å². The van der Waals surface area contributed by atoms with Crippen molar-refractivity contribution in [2.24, 2.45) is 0 Å². The summed E-state index contributed by atoms with van der Waals surface area (Å²) in [5, 5.41) is 8.34. The van der Waals surface area contributed by atoms with Gasteiger partial charge in [0.25, 0.3) is 0 Å². The fourth-order valence-corrected chi connectivity index (χ4v) is 2.97. The number of H-pyrrole nitrogens is 1.